The first kappa shape index (κ1) is 45.7. The molecule has 57 heavy (non-hydrogen) atoms. The summed E-state index contributed by atoms with van der Waals surface area (Å²) in [6.07, 6.45) is -11.0. The summed E-state index contributed by atoms with van der Waals surface area (Å²) in [5.41, 5.74) is -0.959. The van der Waals surface area contributed by atoms with Gasteiger partial charge in [-0.2, -0.15) is 0 Å². The van der Waals surface area contributed by atoms with Crippen LogP contribution in [0.1, 0.15) is 100 Å². The number of allylic oxidation sites excluding steroid dienone is 1. The third kappa shape index (κ3) is 7.49. The SMILES string of the molecule is C[C@@H]([C@H](O)[C@H](O)[C@@H](O)C(C)(C)O)[C@H]1CC[C@]2(C)[C@@H]3CC=C4[C@H](CC[C@H](O[C@@H]5O[C@H](CO[C@@H]6O[C@H](CO)[C@@H](O)[C@H](O)[C@@H]6O)[C@@H](O)[C@@H](O)[C@H]5O)C4(C)C)[C@]3(C)CC[C@]12C. The molecule has 6 aliphatic rings. The summed E-state index contributed by atoms with van der Waals surface area (Å²) in [7, 11) is 0. The molecule has 6 rings (SSSR count). The van der Waals surface area contributed by atoms with Crippen LogP contribution in [-0.2, 0) is 18.9 Å². The number of fused-ring (bicyclic) bond motifs is 5. The monoisotopic (exact) mass is 816 g/mol. The number of ether oxygens (including phenoxy) is 4. The Morgan fingerprint density at radius 3 is 1.96 bits per heavy atom. The van der Waals surface area contributed by atoms with E-state index in [9.17, 15) is 56.2 Å². The van der Waals surface area contributed by atoms with Crippen LogP contribution in [0.3, 0.4) is 0 Å². The lowest BCUT2D eigenvalue weighted by atomic mass is 9.39. The number of aliphatic hydroxyl groups excluding tert-OH is 10. The number of aliphatic hydroxyl groups is 11. The first-order valence-electron chi connectivity index (χ1n) is 21.1. The quantitative estimate of drug-likeness (QED) is 0.124. The molecule has 11 N–H and O–H groups in total. The van der Waals surface area contributed by atoms with Gasteiger partial charge >= 0.3 is 0 Å². The molecule has 2 saturated heterocycles. The predicted octanol–water partition coefficient (Wildman–Crippen LogP) is 0.0906. The second-order valence-electron chi connectivity index (χ2n) is 20.4. The molecular weight excluding hydrogens is 744 g/mol. The Hall–Kier alpha value is -0.860. The van der Waals surface area contributed by atoms with Gasteiger partial charge in [-0.05, 0) is 98.7 Å². The minimum Gasteiger partial charge on any atom is -0.394 e. The maximum absolute atomic E-state index is 11.4. The third-order valence-electron chi connectivity index (χ3n) is 16.7. The van der Waals surface area contributed by atoms with Crippen LogP contribution in [-0.4, -0.2) is 161 Å². The molecule has 0 spiro atoms. The van der Waals surface area contributed by atoms with Crippen molar-refractivity contribution in [1.29, 1.82) is 0 Å². The molecule has 15 nitrogen and oxygen atoms in total. The topological polar surface area (TPSA) is 259 Å². The fraction of sp³-hybridized carbons (Fsp3) is 0.952. The van der Waals surface area contributed by atoms with Gasteiger partial charge in [-0.15, -0.1) is 0 Å². The fourth-order valence-corrected chi connectivity index (χ4v) is 12.7. The van der Waals surface area contributed by atoms with Gasteiger partial charge in [0.05, 0.1) is 31.0 Å². The van der Waals surface area contributed by atoms with E-state index in [1.807, 2.05) is 6.92 Å². The van der Waals surface area contributed by atoms with Crippen molar-refractivity contribution in [2.45, 2.75) is 192 Å². The molecule has 330 valence electrons. The highest BCUT2D eigenvalue weighted by Gasteiger charge is 2.68. The zero-order valence-corrected chi connectivity index (χ0v) is 34.9. The Morgan fingerprint density at radius 1 is 0.754 bits per heavy atom. The van der Waals surface area contributed by atoms with Crippen molar-refractivity contribution >= 4 is 0 Å². The van der Waals surface area contributed by atoms with Crippen molar-refractivity contribution in [3.8, 4) is 0 Å². The number of hydrogen-bond acceptors (Lipinski definition) is 15. The van der Waals surface area contributed by atoms with E-state index in [0.29, 0.717) is 12.3 Å². The van der Waals surface area contributed by atoms with Crippen molar-refractivity contribution in [2.75, 3.05) is 13.2 Å². The van der Waals surface area contributed by atoms with Crippen LogP contribution in [0, 0.1) is 45.3 Å². The number of hydrogen-bond donors (Lipinski definition) is 11. The Kier molecular flexibility index (Phi) is 12.9. The van der Waals surface area contributed by atoms with Crippen LogP contribution in [0.4, 0.5) is 0 Å². The maximum atomic E-state index is 11.4. The molecule has 0 amide bonds. The van der Waals surface area contributed by atoms with Crippen molar-refractivity contribution in [3.05, 3.63) is 11.6 Å². The van der Waals surface area contributed by atoms with Gasteiger partial charge in [0.25, 0.3) is 0 Å². The van der Waals surface area contributed by atoms with Crippen molar-refractivity contribution in [2.24, 2.45) is 45.3 Å². The lowest BCUT2D eigenvalue weighted by molar-refractivity contribution is -0.340. The molecule has 5 fully saturated rings. The lowest BCUT2D eigenvalue weighted by Gasteiger charge is -2.66. The summed E-state index contributed by atoms with van der Waals surface area (Å²) in [6.45, 7) is 15.2. The van der Waals surface area contributed by atoms with Gasteiger partial charge in [0.1, 0.15) is 61.0 Å². The van der Waals surface area contributed by atoms with Gasteiger partial charge in [0.15, 0.2) is 12.6 Å². The summed E-state index contributed by atoms with van der Waals surface area (Å²) in [4.78, 5) is 0. The highest BCUT2D eigenvalue weighted by atomic mass is 16.7. The van der Waals surface area contributed by atoms with E-state index in [2.05, 4.69) is 40.7 Å². The normalized spacial score (nSPS) is 49.5. The molecule has 15 heteroatoms. The summed E-state index contributed by atoms with van der Waals surface area (Å²) in [6, 6.07) is 0. The zero-order valence-electron chi connectivity index (χ0n) is 34.9. The van der Waals surface area contributed by atoms with Crippen LogP contribution in [0.2, 0.25) is 0 Å². The van der Waals surface area contributed by atoms with Crippen molar-refractivity contribution in [1.82, 2.24) is 0 Å². The molecule has 2 heterocycles. The molecule has 3 saturated carbocycles. The molecule has 2 aliphatic heterocycles. The first-order chi connectivity index (χ1) is 26.4. The van der Waals surface area contributed by atoms with E-state index in [-0.39, 0.29) is 34.0 Å². The largest absolute Gasteiger partial charge is 0.394 e. The average Bonchev–Trinajstić information content (AvgIpc) is 3.43. The van der Waals surface area contributed by atoms with Gasteiger partial charge in [0.2, 0.25) is 0 Å². The summed E-state index contributed by atoms with van der Waals surface area (Å²) >= 11 is 0. The van der Waals surface area contributed by atoms with E-state index in [0.717, 1.165) is 38.5 Å². The molecule has 0 unspecified atom stereocenters. The molecule has 0 bridgehead atoms. The first-order valence-corrected chi connectivity index (χ1v) is 21.1. The van der Waals surface area contributed by atoms with Gasteiger partial charge in [-0.1, -0.05) is 53.2 Å². The van der Waals surface area contributed by atoms with E-state index in [1.54, 1.807) is 0 Å². The van der Waals surface area contributed by atoms with E-state index < -0.39 is 110 Å². The maximum Gasteiger partial charge on any atom is 0.187 e. The smallest absolute Gasteiger partial charge is 0.187 e. The van der Waals surface area contributed by atoms with Crippen LogP contribution < -0.4 is 0 Å². The molecule has 0 radical (unpaired) electrons. The zero-order chi connectivity index (χ0) is 42.4. The summed E-state index contributed by atoms with van der Waals surface area (Å²) in [5, 5.41) is 116. The molecule has 0 aromatic carbocycles. The molecule has 21 atom stereocenters. The Labute approximate surface area is 336 Å². The van der Waals surface area contributed by atoms with Crippen molar-refractivity contribution in [3.63, 3.8) is 0 Å². The van der Waals surface area contributed by atoms with Crippen LogP contribution in [0.15, 0.2) is 11.6 Å². The van der Waals surface area contributed by atoms with Gasteiger partial charge in [-0.25, -0.2) is 0 Å². The number of rotatable bonds is 11. The molecule has 0 aromatic heterocycles. The highest BCUT2D eigenvalue weighted by molar-refractivity contribution is 5.30. The van der Waals surface area contributed by atoms with Crippen LogP contribution in [0.5, 0.6) is 0 Å². The van der Waals surface area contributed by atoms with E-state index >= 15 is 0 Å². The second kappa shape index (κ2) is 16.1. The Morgan fingerprint density at radius 2 is 1.35 bits per heavy atom. The van der Waals surface area contributed by atoms with Crippen LogP contribution in [0.25, 0.3) is 0 Å². The second-order valence-corrected chi connectivity index (χ2v) is 20.4. The average molecular weight is 817 g/mol. The third-order valence-corrected chi connectivity index (χ3v) is 16.7. The van der Waals surface area contributed by atoms with Gasteiger partial charge < -0.3 is 75.1 Å². The summed E-state index contributed by atoms with van der Waals surface area (Å²) < 4.78 is 23.6. The van der Waals surface area contributed by atoms with E-state index in [1.165, 1.54) is 19.4 Å². The Bertz CT molecular complexity index is 1440. The standard InChI is InChI=1S/C42H72O15/c1-19(27(44)32(49)35(52)39(4,5)53)20-13-14-42(8)25-11-9-21-22(40(25,6)15-16-41(20,42)7)10-12-26(38(21,2)3)57-37-34(51)31(48)29(46)24(56-37)18-54-36-33(50)30(47)28(45)23(17-43)55-36/h9,19-20,22-37,43-53H,10-18H2,1-8H3/t19-,20-,22+,23-,24-,25-,26+,27+,28-,29-,30+,31-,32+,33+,34-,35-,36-,37+,40+,41-,42-/m1/s1. The molecule has 0 aromatic rings. The van der Waals surface area contributed by atoms with E-state index in [4.69, 9.17) is 18.9 Å². The van der Waals surface area contributed by atoms with Gasteiger partial charge in [-0.3, -0.25) is 0 Å². The van der Waals surface area contributed by atoms with Crippen molar-refractivity contribution < 1.29 is 75.1 Å². The fourth-order valence-electron chi connectivity index (χ4n) is 12.7. The Balaban J connectivity index is 1.15. The van der Waals surface area contributed by atoms with Crippen LogP contribution >= 0.6 is 0 Å². The minimum absolute atomic E-state index is 0.0258. The highest BCUT2D eigenvalue weighted by Crippen LogP contribution is 2.75. The molecular formula is C42H72O15. The van der Waals surface area contributed by atoms with Gasteiger partial charge in [0, 0.05) is 5.41 Å². The summed E-state index contributed by atoms with van der Waals surface area (Å²) in [5.74, 6) is 0.434. The predicted molar refractivity (Wildman–Crippen MR) is 204 cm³/mol. The molecule has 4 aliphatic carbocycles. The lowest BCUT2D eigenvalue weighted by Crippen LogP contribution is -2.63. The minimum atomic E-state index is -1.67.